The fourth-order valence-electron chi connectivity index (χ4n) is 1.16. The van der Waals surface area contributed by atoms with Gasteiger partial charge in [0.1, 0.15) is 6.73 Å². The zero-order chi connectivity index (χ0) is 7.68. The molecule has 0 radical (unpaired) electrons. The van der Waals surface area contributed by atoms with Crippen LogP contribution < -0.4 is 0 Å². The molecule has 0 aromatic heterocycles. The van der Waals surface area contributed by atoms with Crippen molar-refractivity contribution in [2.24, 2.45) is 0 Å². The number of fused-ring (bicyclic) bond motifs is 1. The molecule has 1 aliphatic heterocycles. The summed E-state index contributed by atoms with van der Waals surface area (Å²) in [4.78, 5) is 1.27. The molecule has 1 heterocycles. The first-order valence-electron chi connectivity index (χ1n) is 3.52. The Morgan fingerprint density at radius 3 is 3.00 bits per heavy atom. The molecule has 2 rings (SSSR count). The lowest BCUT2D eigenvalue weighted by Crippen LogP contribution is -2.09. The summed E-state index contributed by atoms with van der Waals surface area (Å²) < 4.78 is 1.92. The predicted molar refractivity (Wildman–Crippen MR) is 44.9 cm³/mol. The van der Waals surface area contributed by atoms with E-state index >= 15 is 0 Å². The highest BCUT2D eigenvalue weighted by Crippen LogP contribution is 2.34. The highest BCUT2D eigenvalue weighted by atomic mass is 32.2. The summed E-state index contributed by atoms with van der Waals surface area (Å²) in [5, 5.41) is 8.84. The Morgan fingerprint density at radius 1 is 1.45 bits per heavy atom. The van der Waals surface area contributed by atoms with E-state index in [1.807, 2.05) is 16.4 Å². The molecule has 0 atom stereocenters. The van der Waals surface area contributed by atoms with Crippen molar-refractivity contribution in [3.8, 4) is 0 Å². The smallest absolute Gasteiger partial charge is 0.105 e. The van der Waals surface area contributed by atoms with E-state index in [0.717, 1.165) is 6.54 Å². The molecule has 2 nitrogen and oxygen atoms in total. The normalized spacial score (nSPS) is 16.8. The van der Waals surface area contributed by atoms with Crippen LogP contribution in [0.5, 0.6) is 0 Å². The van der Waals surface area contributed by atoms with Crippen molar-refractivity contribution >= 4 is 11.9 Å². The van der Waals surface area contributed by atoms with Gasteiger partial charge >= 0.3 is 0 Å². The lowest BCUT2D eigenvalue weighted by atomic mass is 10.2. The molecule has 0 amide bonds. The van der Waals surface area contributed by atoms with Gasteiger partial charge in [-0.1, -0.05) is 18.2 Å². The molecule has 0 bridgehead atoms. The molecular weight excluding hydrogens is 158 g/mol. The van der Waals surface area contributed by atoms with Gasteiger partial charge in [0.15, 0.2) is 0 Å². The van der Waals surface area contributed by atoms with E-state index in [9.17, 15) is 0 Å². The van der Waals surface area contributed by atoms with Crippen LogP contribution in [-0.4, -0.2) is 16.1 Å². The van der Waals surface area contributed by atoms with Crippen LogP contribution >= 0.6 is 11.9 Å². The minimum absolute atomic E-state index is 0.124. The van der Waals surface area contributed by atoms with Crippen molar-refractivity contribution in [1.82, 2.24) is 4.31 Å². The minimum Gasteiger partial charge on any atom is -0.380 e. The minimum atomic E-state index is 0.124. The van der Waals surface area contributed by atoms with Crippen LogP contribution in [0.1, 0.15) is 5.56 Å². The number of benzene rings is 1. The molecule has 3 heteroatoms. The van der Waals surface area contributed by atoms with Crippen molar-refractivity contribution in [3.63, 3.8) is 0 Å². The zero-order valence-corrected chi connectivity index (χ0v) is 6.84. The van der Waals surface area contributed by atoms with Crippen LogP contribution in [-0.2, 0) is 6.54 Å². The molecule has 1 aromatic rings. The molecule has 1 N–H and O–H groups in total. The van der Waals surface area contributed by atoms with Crippen molar-refractivity contribution in [3.05, 3.63) is 29.8 Å². The standard InChI is InChI=1S/C8H9NOS/c10-6-9-5-7-3-1-2-4-8(7)11-9/h1-4,10H,5-6H2. The fraction of sp³-hybridized carbons (Fsp3) is 0.250. The fourth-order valence-corrected chi connectivity index (χ4v) is 2.09. The van der Waals surface area contributed by atoms with Gasteiger partial charge in [-0.3, -0.25) is 0 Å². The Kier molecular flexibility index (Phi) is 1.85. The topological polar surface area (TPSA) is 23.5 Å². The maximum Gasteiger partial charge on any atom is 0.105 e. The van der Waals surface area contributed by atoms with E-state index in [2.05, 4.69) is 12.1 Å². The highest BCUT2D eigenvalue weighted by Gasteiger charge is 2.17. The second-order valence-electron chi connectivity index (χ2n) is 2.48. The molecule has 0 saturated heterocycles. The second-order valence-corrected chi connectivity index (χ2v) is 3.62. The Morgan fingerprint density at radius 2 is 2.27 bits per heavy atom. The van der Waals surface area contributed by atoms with Crippen molar-refractivity contribution in [1.29, 1.82) is 0 Å². The number of hydrogen-bond acceptors (Lipinski definition) is 3. The first-order chi connectivity index (χ1) is 5.40. The number of aliphatic hydroxyl groups is 1. The van der Waals surface area contributed by atoms with Crippen molar-refractivity contribution in [2.45, 2.75) is 11.4 Å². The quantitative estimate of drug-likeness (QED) is 0.640. The monoisotopic (exact) mass is 167 g/mol. The summed E-state index contributed by atoms with van der Waals surface area (Å²) in [5.41, 5.74) is 1.31. The molecule has 11 heavy (non-hydrogen) atoms. The van der Waals surface area contributed by atoms with Gasteiger partial charge in [0.05, 0.1) is 0 Å². The van der Waals surface area contributed by atoms with E-state index in [0.29, 0.717) is 0 Å². The van der Waals surface area contributed by atoms with Gasteiger partial charge in [0.2, 0.25) is 0 Å². The van der Waals surface area contributed by atoms with Crippen LogP contribution in [0.15, 0.2) is 29.2 Å². The maximum atomic E-state index is 8.84. The Bertz CT molecular complexity index is 239. The highest BCUT2D eigenvalue weighted by molar-refractivity contribution is 7.97. The largest absolute Gasteiger partial charge is 0.380 e. The van der Waals surface area contributed by atoms with Gasteiger partial charge in [-0.15, -0.1) is 0 Å². The summed E-state index contributed by atoms with van der Waals surface area (Å²) in [6.07, 6.45) is 0. The Hall–Kier alpha value is -0.510. The maximum absolute atomic E-state index is 8.84. The first-order valence-corrected chi connectivity index (χ1v) is 4.29. The second kappa shape index (κ2) is 2.85. The zero-order valence-electron chi connectivity index (χ0n) is 6.03. The molecule has 1 aromatic carbocycles. The average molecular weight is 167 g/mol. The van der Waals surface area contributed by atoms with Crippen molar-refractivity contribution in [2.75, 3.05) is 6.73 Å². The van der Waals surface area contributed by atoms with E-state index in [1.165, 1.54) is 10.5 Å². The summed E-state index contributed by atoms with van der Waals surface area (Å²) in [5.74, 6) is 0. The summed E-state index contributed by atoms with van der Waals surface area (Å²) >= 11 is 1.62. The van der Waals surface area contributed by atoms with E-state index in [-0.39, 0.29) is 6.73 Å². The molecule has 1 aliphatic rings. The lowest BCUT2D eigenvalue weighted by Gasteiger charge is -2.06. The molecule has 0 saturated carbocycles. The molecule has 0 unspecified atom stereocenters. The van der Waals surface area contributed by atoms with Gasteiger partial charge in [0, 0.05) is 11.4 Å². The van der Waals surface area contributed by atoms with Crippen LogP contribution in [0.2, 0.25) is 0 Å². The van der Waals surface area contributed by atoms with Crippen LogP contribution in [0.3, 0.4) is 0 Å². The molecule has 0 spiro atoms. The number of hydrogen-bond donors (Lipinski definition) is 1. The lowest BCUT2D eigenvalue weighted by molar-refractivity contribution is 0.189. The molecule has 0 fully saturated rings. The average Bonchev–Trinajstić information content (AvgIpc) is 2.46. The van der Waals surface area contributed by atoms with Gasteiger partial charge in [-0.25, -0.2) is 4.31 Å². The van der Waals surface area contributed by atoms with E-state index in [4.69, 9.17) is 5.11 Å². The molecule has 0 aliphatic carbocycles. The third-order valence-electron chi connectivity index (χ3n) is 1.70. The first kappa shape index (κ1) is 7.16. The van der Waals surface area contributed by atoms with Gasteiger partial charge in [-0.2, -0.15) is 0 Å². The van der Waals surface area contributed by atoms with Crippen LogP contribution in [0.25, 0.3) is 0 Å². The predicted octanol–water partition coefficient (Wildman–Crippen LogP) is 1.46. The summed E-state index contributed by atoms with van der Waals surface area (Å²) in [6.45, 7) is 0.983. The SMILES string of the molecule is OCN1Cc2ccccc2S1. The Labute approximate surface area is 70.0 Å². The Balaban J connectivity index is 2.27. The van der Waals surface area contributed by atoms with Crippen LogP contribution in [0.4, 0.5) is 0 Å². The van der Waals surface area contributed by atoms with Gasteiger partial charge in [0.25, 0.3) is 0 Å². The molecule has 58 valence electrons. The van der Waals surface area contributed by atoms with Crippen molar-refractivity contribution < 1.29 is 5.11 Å². The third kappa shape index (κ3) is 1.27. The van der Waals surface area contributed by atoms with Gasteiger partial charge < -0.3 is 5.11 Å². The summed E-state index contributed by atoms with van der Waals surface area (Å²) in [7, 11) is 0. The summed E-state index contributed by atoms with van der Waals surface area (Å²) in [6, 6.07) is 8.22. The van der Waals surface area contributed by atoms with Crippen LogP contribution in [0, 0.1) is 0 Å². The van der Waals surface area contributed by atoms with E-state index in [1.54, 1.807) is 11.9 Å². The van der Waals surface area contributed by atoms with E-state index < -0.39 is 0 Å². The number of rotatable bonds is 1. The number of aliphatic hydroxyl groups excluding tert-OH is 1. The number of nitrogens with zero attached hydrogens (tertiary/aromatic N) is 1. The molecular formula is C8H9NOS. The third-order valence-corrected chi connectivity index (χ3v) is 2.80. The van der Waals surface area contributed by atoms with Gasteiger partial charge in [-0.05, 0) is 23.6 Å².